The van der Waals surface area contributed by atoms with Gasteiger partial charge < -0.3 is 33.9 Å². The van der Waals surface area contributed by atoms with Gasteiger partial charge in [-0.25, -0.2) is 22.0 Å². The van der Waals surface area contributed by atoms with E-state index in [0.717, 1.165) is 86.8 Å². The molecule has 0 spiro atoms. The van der Waals surface area contributed by atoms with Crippen LogP contribution in [0.15, 0.2) is 116 Å². The third-order valence-corrected chi connectivity index (χ3v) is 15.6. The molecule has 0 fully saturated rings. The number of aromatic nitrogens is 6. The van der Waals surface area contributed by atoms with Crippen molar-refractivity contribution in [3.63, 3.8) is 0 Å². The van der Waals surface area contributed by atoms with Gasteiger partial charge in [0.25, 0.3) is 0 Å². The van der Waals surface area contributed by atoms with Gasteiger partial charge in [0.15, 0.2) is 18.4 Å². The van der Waals surface area contributed by atoms with Gasteiger partial charge in [0.2, 0.25) is 0 Å². The number of H-pyrrole nitrogens is 1. The molecule has 10 aromatic rings. The average molecular weight is 1690 g/mol. The summed E-state index contributed by atoms with van der Waals surface area (Å²) in [7, 11) is 11.3. The fraction of sp³-hybridized carbons (Fsp3) is 0.213. The highest BCUT2D eigenvalue weighted by Gasteiger charge is 2.18. The molecular formula is C61H56Br7F5N6O10. The number of hydrogen-bond acceptors (Lipinski definition) is 13. The lowest BCUT2D eigenvalue weighted by molar-refractivity contribution is 0.100. The molecule has 3 N–H and O–H groups in total. The van der Waals surface area contributed by atoms with Gasteiger partial charge in [-0.15, -0.1) is 0 Å². The minimum Gasteiger partial charge on any atom is -0.507 e. The zero-order valence-electron chi connectivity index (χ0n) is 49.2. The van der Waals surface area contributed by atoms with E-state index in [2.05, 4.69) is 132 Å². The van der Waals surface area contributed by atoms with E-state index in [1.807, 2.05) is 69.9 Å². The van der Waals surface area contributed by atoms with Gasteiger partial charge in [0.05, 0.1) is 96.6 Å². The van der Waals surface area contributed by atoms with Crippen molar-refractivity contribution in [3.05, 3.63) is 185 Å². The number of rotatable bonds is 9. The number of carbonyl (C=O) groups excluding carboxylic acids is 3. The topological polar surface area (TPSA) is 202 Å². The van der Waals surface area contributed by atoms with E-state index in [1.54, 1.807) is 37.1 Å². The SMILES string of the molecule is COc1cc(Br)cc(F)c1C(C)=O.COc1cc(Br)cc(F)c1C(C)O.COc1cc(Br)cc(F)c1C=O.COc1cc(Br)cc2n[nH]c(C)c12.COc1cc(Br)cc2nn(C)c(C)c12.Cc1c2c(O)cc(Br)cc2nn1C.O=Cc1c(F)cc(Br)cc1F. The molecule has 474 valence electrons. The van der Waals surface area contributed by atoms with Crippen molar-refractivity contribution in [1.82, 2.24) is 29.8 Å². The van der Waals surface area contributed by atoms with Gasteiger partial charge >= 0.3 is 0 Å². The summed E-state index contributed by atoms with van der Waals surface area (Å²) in [6.07, 6.45) is -0.291. The Morgan fingerprint density at radius 1 is 0.506 bits per heavy atom. The predicted molar refractivity (Wildman–Crippen MR) is 357 cm³/mol. The van der Waals surface area contributed by atoms with E-state index in [1.165, 1.54) is 59.4 Å². The Labute approximate surface area is 567 Å². The van der Waals surface area contributed by atoms with Crippen LogP contribution in [0.3, 0.4) is 0 Å². The Hall–Kier alpha value is -6.27. The predicted octanol–water partition coefficient (Wildman–Crippen LogP) is 18.0. The number of hydrogen-bond donors (Lipinski definition) is 3. The van der Waals surface area contributed by atoms with Crippen LogP contribution in [0, 0.1) is 49.9 Å². The summed E-state index contributed by atoms with van der Waals surface area (Å²) in [5, 5.41) is 37.6. The smallest absolute Gasteiger partial charge is 0.166 e. The second kappa shape index (κ2) is 34.8. The van der Waals surface area contributed by atoms with E-state index in [9.17, 15) is 46.5 Å². The Morgan fingerprint density at radius 3 is 1.33 bits per heavy atom. The van der Waals surface area contributed by atoms with Crippen LogP contribution in [0.1, 0.15) is 73.7 Å². The molecule has 0 aliphatic carbocycles. The van der Waals surface area contributed by atoms with E-state index >= 15 is 0 Å². The van der Waals surface area contributed by atoms with Gasteiger partial charge in [0.1, 0.15) is 63.6 Å². The van der Waals surface area contributed by atoms with Crippen molar-refractivity contribution < 1.29 is 70.2 Å². The maximum atomic E-state index is 13.3. The van der Waals surface area contributed by atoms with Crippen LogP contribution in [-0.2, 0) is 14.1 Å². The lowest BCUT2D eigenvalue weighted by Crippen LogP contribution is -2.01. The average Bonchev–Trinajstić information content (AvgIpc) is 1.83. The number of aliphatic hydroxyl groups is 1. The number of aromatic hydroxyl groups is 1. The van der Waals surface area contributed by atoms with Crippen LogP contribution in [0.5, 0.6) is 34.5 Å². The molecule has 0 radical (unpaired) electrons. The number of aryl methyl sites for hydroxylation is 5. The van der Waals surface area contributed by atoms with Crippen molar-refractivity contribution in [2.24, 2.45) is 14.1 Å². The molecule has 28 heteroatoms. The number of methoxy groups -OCH3 is 5. The molecule has 3 aromatic heterocycles. The van der Waals surface area contributed by atoms with Crippen LogP contribution >= 0.6 is 112 Å². The number of ketones is 1. The summed E-state index contributed by atoms with van der Waals surface area (Å²) in [5.74, 6) is -0.875. The number of aliphatic hydroxyl groups excluding tert-OH is 1. The molecule has 10 rings (SSSR count). The lowest BCUT2D eigenvalue weighted by atomic mass is 10.1. The largest absolute Gasteiger partial charge is 0.507 e. The van der Waals surface area contributed by atoms with Crippen molar-refractivity contribution >= 4 is 163 Å². The van der Waals surface area contributed by atoms with Crippen molar-refractivity contribution in [1.29, 1.82) is 0 Å². The number of nitrogens with zero attached hydrogens (tertiary/aromatic N) is 5. The Morgan fingerprint density at radius 2 is 0.865 bits per heavy atom. The number of benzene rings is 7. The van der Waals surface area contributed by atoms with Crippen molar-refractivity contribution in [2.75, 3.05) is 35.5 Å². The van der Waals surface area contributed by atoms with Gasteiger partial charge in [0, 0.05) is 62.5 Å². The highest BCUT2D eigenvalue weighted by molar-refractivity contribution is 9.11. The van der Waals surface area contributed by atoms with E-state index in [4.69, 9.17) is 23.7 Å². The number of carbonyl (C=O) groups is 3. The first-order valence-corrected chi connectivity index (χ1v) is 31.0. The summed E-state index contributed by atoms with van der Waals surface area (Å²) in [5.41, 5.74) is 5.39. The fourth-order valence-corrected chi connectivity index (χ4v) is 11.0. The molecule has 16 nitrogen and oxygen atoms in total. The summed E-state index contributed by atoms with van der Waals surface area (Å²) in [6.45, 7) is 8.74. The third kappa shape index (κ3) is 20.1. The molecule has 0 amide bonds. The number of ether oxygens (including phenoxy) is 5. The van der Waals surface area contributed by atoms with Crippen LogP contribution in [0.25, 0.3) is 32.7 Å². The first-order chi connectivity index (χ1) is 41.9. The van der Waals surface area contributed by atoms with Crippen molar-refractivity contribution in [2.45, 2.75) is 40.7 Å². The molecular weight excluding hydrogens is 1630 g/mol. The first kappa shape index (κ1) is 75.2. The normalized spacial score (nSPS) is 10.7. The van der Waals surface area contributed by atoms with E-state index in [0.29, 0.717) is 25.5 Å². The molecule has 0 saturated heterocycles. The molecule has 7 aromatic carbocycles. The van der Waals surface area contributed by atoms with Gasteiger partial charge in [-0.2, -0.15) is 15.3 Å². The monoisotopic (exact) mass is 1680 g/mol. The standard InChI is InChI=1S/C10H11BrN2O.C9H10BrFO2.C9H8BrFO2.2C9H9BrN2O.C8H6BrFO2.C7H3BrF2O/c1-6-10-8(12-13(6)2)4-7(11)5-9(10)14-3;2*1-5(12)9-7(11)3-6(10)4-8(9)13-2;1-5-9-7(11-12(5)2)3-6(10)4-8(9)13;1-5-9-7(12-11-5)3-6(10)4-8(9)13-2;1-12-8-3-5(9)2-7(10)6(8)4-11;8-4-1-6(9)5(3-11)7(10)2-4/h4-5H,1-3H3;3-5,12H,1-2H3;3-4H,1-2H3;3-4,13H,1-2H3;3-4H,1-2H3,(H,11,12);2-4H,1H3;1-3H. The Bertz CT molecular complexity index is 4150. The molecule has 3 heterocycles. The summed E-state index contributed by atoms with van der Waals surface area (Å²) in [6, 6.07) is 21.9. The molecule has 0 bridgehead atoms. The van der Waals surface area contributed by atoms with Crippen LogP contribution < -0.4 is 23.7 Å². The molecule has 89 heavy (non-hydrogen) atoms. The number of phenols is 1. The first-order valence-electron chi connectivity index (χ1n) is 25.4. The molecule has 0 saturated carbocycles. The third-order valence-electron chi connectivity index (χ3n) is 12.4. The second-order valence-electron chi connectivity index (χ2n) is 18.3. The number of Topliss-reactive ketones (excluding diaryl/α,β-unsaturated/α-hetero) is 1. The zero-order valence-corrected chi connectivity index (χ0v) is 60.3. The van der Waals surface area contributed by atoms with E-state index in [-0.39, 0.29) is 50.5 Å². The minimum atomic E-state index is -0.872. The second-order valence-corrected chi connectivity index (χ2v) is 24.7. The minimum absolute atomic E-state index is 0.00861. The maximum Gasteiger partial charge on any atom is 0.166 e. The molecule has 1 atom stereocenters. The van der Waals surface area contributed by atoms with E-state index < -0.39 is 40.8 Å². The maximum absolute atomic E-state index is 13.3. The highest BCUT2D eigenvalue weighted by Crippen LogP contribution is 2.35. The Kier molecular flexibility index (Phi) is 29.4. The number of aldehydes is 2. The Balaban J connectivity index is 0.000000222. The van der Waals surface area contributed by atoms with Crippen molar-refractivity contribution in [3.8, 4) is 34.5 Å². The van der Waals surface area contributed by atoms with Gasteiger partial charge in [-0.1, -0.05) is 112 Å². The molecule has 1 unspecified atom stereocenters. The highest BCUT2D eigenvalue weighted by atomic mass is 79.9. The number of aromatic amines is 1. The molecule has 0 aliphatic heterocycles. The van der Waals surface area contributed by atoms with Crippen LogP contribution in [-0.4, -0.2) is 93.9 Å². The number of nitrogens with one attached hydrogen (secondary N) is 1. The summed E-state index contributed by atoms with van der Waals surface area (Å²) < 4.78 is 98.2. The lowest BCUT2D eigenvalue weighted by Gasteiger charge is -2.12. The number of halogens is 12. The van der Waals surface area contributed by atoms with Gasteiger partial charge in [-0.05, 0) is 120 Å². The number of fused-ring (bicyclic) bond motifs is 3. The summed E-state index contributed by atoms with van der Waals surface area (Å²) in [4.78, 5) is 31.5. The van der Waals surface area contributed by atoms with Gasteiger partial charge in [-0.3, -0.25) is 28.8 Å². The van der Waals surface area contributed by atoms with Crippen LogP contribution in [0.4, 0.5) is 22.0 Å². The van der Waals surface area contributed by atoms with Crippen LogP contribution in [0.2, 0.25) is 0 Å². The summed E-state index contributed by atoms with van der Waals surface area (Å²) >= 11 is 22.3. The quantitative estimate of drug-likeness (QED) is 0.0700. The number of phenolic OH excluding ortho intramolecular Hbond substituents is 1. The fourth-order valence-electron chi connectivity index (χ4n) is 8.09. The zero-order chi connectivity index (χ0) is 66.9. The molecule has 0 aliphatic rings.